The van der Waals surface area contributed by atoms with Crippen LogP contribution in [0.3, 0.4) is 0 Å². The Kier molecular flexibility index (Phi) is 4.84. The monoisotopic (exact) mass is 392 g/mol. The van der Waals surface area contributed by atoms with Gasteiger partial charge in [-0.15, -0.1) is 0 Å². The summed E-state index contributed by atoms with van der Waals surface area (Å²) >= 11 is 0. The van der Waals surface area contributed by atoms with Gasteiger partial charge in [-0.1, -0.05) is 30.3 Å². The number of anilines is 1. The molecule has 146 valence electrons. The van der Waals surface area contributed by atoms with Crippen LogP contribution in [0.4, 0.5) is 14.5 Å². The summed E-state index contributed by atoms with van der Waals surface area (Å²) in [5, 5.41) is 2.74. The molecule has 6 heteroatoms. The van der Waals surface area contributed by atoms with E-state index in [9.17, 15) is 18.4 Å². The zero-order valence-corrected chi connectivity index (χ0v) is 15.7. The molecule has 29 heavy (non-hydrogen) atoms. The fourth-order valence-corrected chi connectivity index (χ4v) is 3.64. The molecule has 4 nitrogen and oxygen atoms in total. The first-order valence-electron chi connectivity index (χ1n) is 9.15. The predicted molar refractivity (Wildman–Crippen MR) is 105 cm³/mol. The Bertz CT molecular complexity index is 1100. The summed E-state index contributed by atoms with van der Waals surface area (Å²) in [5.41, 5.74) is 2.65. The van der Waals surface area contributed by atoms with Gasteiger partial charge in [0, 0.05) is 16.8 Å². The fourth-order valence-electron chi connectivity index (χ4n) is 3.64. The van der Waals surface area contributed by atoms with Crippen LogP contribution in [0.15, 0.2) is 66.7 Å². The van der Waals surface area contributed by atoms with E-state index in [0.717, 1.165) is 5.56 Å². The Labute approximate surface area is 166 Å². The summed E-state index contributed by atoms with van der Waals surface area (Å²) < 4.78 is 27.6. The molecule has 1 N–H and O–H groups in total. The highest BCUT2D eigenvalue weighted by molar-refractivity contribution is 6.02. The maximum Gasteiger partial charge on any atom is 0.255 e. The lowest BCUT2D eigenvalue weighted by atomic mass is 9.94. The van der Waals surface area contributed by atoms with E-state index in [1.54, 1.807) is 24.3 Å². The van der Waals surface area contributed by atoms with Crippen LogP contribution in [-0.2, 0) is 4.79 Å². The van der Waals surface area contributed by atoms with Crippen LogP contribution in [0.5, 0.6) is 0 Å². The van der Waals surface area contributed by atoms with Gasteiger partial charge in [-0.3, -0.25) is 9.59 Å². The number of nitrogens with zero attached hydrogens (tertiary/aromatic N) is 1. The van der Waals surface area contributed by atoms with Crippen LogP contribution in [0.25, 0.3) is 0 Å². The molecule has 1 aliphatic heterocycles. The van der Waals surface area contributed by atoms with E-state index in [1.807, 2.05) is 19.1 Å². The first-order valence-corrected chi connectivity index (χ1v) is 9.15. The molecule has 0 saturated carbocycles. The molecule has 0 bridgehead atoms. The lowest BCUT2D eigenvalue weighted by molar-refractivity contribution is -0.117. The lowest BCUT2D eigenvalue weighted by Gasteiger charge is -2.31. The summed E-state index contributed by atoms with van der Waals surface area (Å²) in [6.07, 6.45) is 0. The van der Waals surface area contributed by atoms with Crippen molar-refractivity contribution in [1.29, 1.82) is 0 Å². The third-order valence-electron chi connectivity index (χ3n) is 5.03. The quantitative estimate of drug-likeness (QED) is 0.700. The summed E-state index contributed by atoms with van der Waals surface area (Å²) in [6, 6.07) is 16.0. The van der Waals surface area contributed by atoms with E-state index in [4.69, 9.17) is 0 Å². The van der Waals surface area contributed by atoms with Crippen LogP contribution in [0.2, 0.25) is 0 Å². The van der Waals surface area contributed by atoms with Crippen molar-refractivity contribution in [2.75, 3.05) is 11.9 Å². The number of rotatable bonds is 2. The molecule has 0 saturated heterocycles. The van der Waals surface area contributed by atoms with Crippen molar-refractivity contribution in [3.8, 4) is 0 Å². The molecular formula is C23H18F2N2O2. The minimum atomic E-state index is -0.757. The third-order valence-corrected chi connectivity index (χ3v) is 5.03. The topological polar surface area (TPSA) is 49.4 Å². The van der Waals surface area contributed by atoms with Gasteiger partial charge in [-0.05, 0) is 54.4 Å². The highest BCUT2D eigenvalue weighted by atomic mass is 19.1. The number of halogens is 2. The zero-order valence-electron chi connectivity index (χ0n) is 15.7. The number of benzene rings is 3. The number of carbonyl (C=O) groups excluding carboxylic acids is 2. The third kappa shape index (κ3) is 3.61. The fraction of sp³-hybridized carbons (Fsp3) is 0.130. The van der Waals surface area contributed by atoms with E-state index >= 15 is 0 Å². The number of fused-ring (bicyclic) bond motifs is 1. The van der Waals surface area contributed by atoms with Crippen LogP contribution in [0.1, 0.15) is 33.1 Å². The number of carbonyl (C=O) groups is 2. The second kappa shape index (κ2) is 7.47. The molecule has 0 aliphatic carbocycles. The van der Waals surface area contributed by atoms with Crippen molar-refractivity contribution in [3.05, 3.63) is 101 Å². The molecule has 1 atom stereocenters. The molecule has 0 fully saturated rings. The molecule has 3 aromatic carbocycles. The molecule has 0 radical (unpaired) electrons. The molecule has 3 aromatic rings. The maximum atomic E-state index is 14.1. The van der Waals surface area contributed by atoms with Gasteiger partial charge >= 0.3 is 0 Å². The number of aryl methyl sites for hydroxylation is 1. The highest BCUT2D eigenvalue weighted by Gasteiger charge is 2.34. The van der Waals surface area contributed by atoms with Crippen molar-refractivity contribution >= 4 is 17.5 Å². The Morgan fingerprint density at radius 2 is 1.69 bits per heavy atom. The Morgan fingerprint density at radius 1 is 1.00 bits per heavy atom. The van der Waals surface area contributed by atoms with Crippen molar-refractivity contribution in [2.24, 2.45) is 0 Å². The lowest BCUT2D eigenvalue weighted by Crippen LogP contribution is -2.39. The summed E-state index contributed by atoms with van der Waals surface area (Å²) in [4.78, 5) is 27.4. The van der Waals surface area contributed by atoms with E-state index < -0.39 is 17.7 Å². The van der Waals surface area contributed by atoms with Crippen molar-refractivity contribution in [2.45, 2.75) is 13.0 Å². The molecule has 0 spiro atoms. The van der Waals surface area contributed by atoms with Crippen molar-refractivity contribution in [1.82, 2.24) is 4.90 Å². The van der Waals surface area contributed by atoms with Gasteiger partial charge in [0.2, 0.25) is 5.91 Å². The Morgan fingerprint density at radius 3 is 2.41 bits per heavy atom. The normalized spacial score (nSPS) is 16.0. The second-order valence-corrected chi connectivity index (χ2v) is 6.98. The van der Waals surface area contributed by atoms with Gasteiger partial charge in [-0.25, -0.2) is 8.78 Å². The summed E-state index contributed by atoms with van der Waals surface area (Å²) in [5.74, 6) is -1.66. The number of hydrogen-bond donors (Lipinski definition) is 1. The van der Waals surface area contributed by atoms with E-state index in [0.29, 0.717) is 22.4 Å². The zero-order chi connectivity index (χ0) is 20.5. The van der Waals surface area contributed by atoms with Gasteiger partial charge in [0.25, 0.3) is 5.91 Å². The minimum Gasteiger partial charge on any atom is -0.324 e. The number of hydrogen-bond acceptors (Lipinski definition) is 2. The second-order valence-electron chi connectivity index (χ2n) is 6.98. The molecule has 1 aliphatic rings. The van der Waals surface area contributed by atoms with Gasteiger partial charge in [-0.2, -0.15) is 0 Å². The Balaban J connectivity index is 1.91. The van der Waals surface area contributed by atoms with Crippen molar-refractivity contribution < 1.29 is 18.4 Å². The number of nitrogens with one attached hydrogen (secondary N) is 1. The Hall–Kier alpha value is -3.54. The summed E-state index contributed by atoms with van der Waals surface area (Å²) in [7, 11) is 0. The standard InChI is InChI=1S/C23H18F2N2O2/c1-14-4-2-3-5-18(14)23(29)27-13-21(28)26-20-11-10-17(25)12-19(20)22(27)15-6-8-16(24)9-7-15/h2-12,22H,13H2,1H3,(H,26,28)/t22-/m0/s1. The van der Waals surface area contributed by atoms with E-state index in [-0.39, 0.29) is 18.4 Å². The molecule has 2 amide bonds. The largest absolute Gasteiger partial charge is 0.324 e. The SMILES string of the molecule is Cc1ccccc1C(=O)N1CC(=O)Nc2ccc(F)cc2[C@@H]1c1ccc(F)cc1. The first kappa shape index (κ1) is 18.8. The minimum absolute atomic E-state index is 0.217. The smallest absolute Gasteiger partial charge is 0.255 e. The van der Waals surface area contributed by atoms with Gasteiger partial charge in [0.05, 0.1) is 6.04 Å². The molecule has 0 unspecified atom stereocenters. The molecule has 1 heterocycles. The molecule has 0 aromatic heterocycles. The van der Waals surface area contributed by atoms with Crippen LogP contribution >= 0.6 is 0 Å². The van der Waals surface area contributed by atoms with Crippen molar-refractivity contribution in [3.63, 3.8) is 0 Å². The molecular weight excluding hydrogens is 374 g/mol. The maximum absolute atomic E-state index is 14.1. The highest BCUT2D eigenvalue weighted by Crippen LogP contribution is 2.37. The van der Waals surface area contributed by atoms with E-state index in [2.05, 4.69) is 5.32 Å². The van der Waals surface area contributed by atoms with Crippen LogP contribution in [0, 0.1) is 18.6 Å². The number of amides is 2. The summed E-state index contributed by atoms with van der Waals surface area (Å²) in [6.45, 7) is 1.59. The van der Waals surface area contributed by atoms with Crippen LogP contribution < -0.4 is 5.32 Å². The van der Waals surface area contributed by atoms with Gasteiger partial charge in [0.1, 0.15) is 18.2 Å². The molecule has 4 rings (SSSR count). The van der Waals surface area contributed by atoms with Gasteiger partial charge in [0.15, 0.2) is 0 Å². The average molecular weight is 392 g/mol. The van der Waals surface area contributed by atoms with Crippen LogP contribution in [-0.4, -0.2) is 23.3 Å². The average Bonchev–Trinajstić information content (AvgIpc) is 2.84. The van der Waals surface area contributed by atoms with Gasteiger partial charge < -0.3 is 10.2 Å². The first-order chi connectivity index (χ1) is 13.9. The van der Waals surface area contributed by atoms with E-state index in [1.165, 1.54) is 35.2 Å². The predicted octanol–water partition coefficient (Wildman–Crippen LogP) is 4.46.